The Morgan fingerprint density at radius 2 is 1.58 bits per heavy atom. The minimum absolute atomic E-state index is 0.124. The molecule has 3 aromatic carbocycles. The zero-order chi connectivity index (χ0) is 22.2. The zero-order valence-electron chi connectivity index (χ0n) is 17.6. The number of amides is 1. The molecule has 0 aliphatic heterocycles. The lowest BCUT2D eigenvalue weighted by atomic mass is 10.0. The van der Waals surface area contributed by atoms with Gasteiger partial charge in [-0.05, 0) is 37.9 Å². The van der Waals surface area contributed by atoms with Crippen molar-refractivity contribution in [2.75, 3.05) is 32.5 Å². The van der Waals surface area contributed by atoms with Crippen molar-refractivity contribution in [1.82, 2.24) is 10.2 Å². The molecule has 1 atom stereocenters. The van der Waals surface area contributed by atoms with E-state index in [0.29, 0.717) is 28.4 Å². The SMILES string of the molecule is CN(C)[C@H](CNCC(=O)Nc1ccc(Cl)cc1C(=O)c1ccccc1)c1ccccc1. The lowest BCUT2D eigenvalue weighted by molar-refractivity contribution is -0.115. The zero-order valence-corrected chi connectivity index (χ0v) is 18.4. The second kappa shape index (κ2) is 10.9. The molecule has 0 aromatic heterocycles. The van der Waals surface area contributed by atoms with Crippen LogP contribution in [0.25, 0.3) is 0 Å². The van der Waals surface area contributed by atoms with Gasteiger partial charge in [0, 0.05) is 28.7 Å². The summed E-state index contributed by atoms with van der Waals surface area (Å²) in [5.74, 6) is -0.418. The summed E-state index contributed by atoms with van der Waals surface area (Å²) in [4.78, 5) is 27.6. The molecule has 1 amide bonds. The molecule has 0 aliphatic carbocycles. The van der Waals surface area contributed by atoms with Crippen molar-refractivity contribution < 1.29 is 9.59 Å². The average molecular weight is 436 g/mol. The van der Waals surface area contributed by atoms with Gasteiger partial charge in [0.25, 0.3) is 0 Å². The number of carbonyl (C=O) groups excluding carboxylic acids is 2. The van der Waals surface area contributed by atoms with E-state index in [2.05, 4.69) is 27.7 Å². The van der Waals surface area contributed by atoms with Crippen LogP contribution in [0, 0.1) is 0 Å². The Kier molecular flexibility index (Phi) is 7.95. The number of likely N-dealkylation sites (N-methyl/N-ethyl adjacent to an activating group) is 1. The lowest BCUT2D eigenvalue weighted by Crippen LogP contribution is -2.35. The van der Waals surface area contributed by atoms with Gasteiger partial charge in [0.1, 0.15) is 0 Å². The topological polar surface area (TPSA) is 61.4 Å². The molecule has 3 aromatic rings. The third-order valence-corrected chi connectivity index (χ3v) is 5.20. The van der Waals surface area contributed by atoms with Gasteiger partial charge in [-0.1, -0.05) is 72.3 Å². The molecule has 0 bridgehead atoms. The lowest BCUT2D eigenvalue weighted by Gasteiger charge is -2.25. The van der Waals surface area contributed by atoms with Crippen LogP contribution in [0.1, 0.15) is 27.5 Å². The molecule has 2 N–H and O–H groups in total. The van der Waals surface area contributed by atoms with Crippen molar-refractivity contribution in [3.63, 3.8) is 0 Å². The predicted octanol–water partition coefficient (Wildman–Crippen LogP) is 4.40. The minimum atomic E-state index is -0.227. The van der Waals surface area contributed by atoms with Gasteiger partial charge in [-0.25, -0.2) is 0 Å². The summed E-state index contributed by atoms with van der Waals surface area (Å²) in [7, 11) is 4.02. The highest BCUT2D eigenvalue weighted by Gasteiger charge is 2.17. The van der Waals surface area contributed by atoms with Gasteiger partial charge in [-0.3, -0.25) is 9.59 Å². The summed E-state index contributed by atoms with van der Waals surface area (Å²) in [5, 5.41) is 6.49. The van der Waals surface area contributed by atoms with Gasteiger partial charge in [-0.2, -0.15) is 0 Å². The Hall–Kier alpha value is -2.99. The van der Waals surface area contributed by atoms with E-state index in [1.807, 2.05) is 38.4 Å². The number of nitrogens with one attached hydrogen (secondary N) is 2. The van der Waals surface area contributed by atoms with Gasteiger partial charge in [0.05, 0.1) is 12.2 Å². The molecule has 0 radical (unpaired) electrons. The fourth-order valence-electron chi connectivity index (χ4n) is 3.35. The molecule has 0 saturated carbocycles. The molecule has 0 saturated heterocycles. The van der Waals surface area contributed by atoms with Crippen molar-refractivity contribution in [3.8, 4) is 0 Å². The van der Waals surface area contributed by atoms with Crippen molar-refractivity contribution in [2.45, 2.75) is 6.04 Å². The highest BCUT2D eigenvalue weighted by molar-refractivity contribution is 6.31. The van der Waals surface area contributed by atoms with Crippen LogP contribution in [0.3, 0.4) is 0 Å². The molecule has 0 aliphatic rings. The number of carbonyl (C=O) groups is 2. The second-order valence-electron chi connectivity index (χ2n) is 7.45. The standard InChI is InChI=1S/C25H26ClN3O2/c1-29(2)23(18-9-5-3-6-10-18)16-27-17-24(30)28-22-14-13-20(26)15-21(22)25(31)19-11-7-4-8-12-19/h3-15,23,27H,16-17H2,1-2H3,(H,28,30)/t23-/m1/s1. The summed E-state index contributed by atoms with van der Waals surface area (Å²) < 4.78 is 0. The van der Waals surface area contributed by atoms with Crippen molar-refractivity contribution in [2.24, 2.45) is 0 Å². The Balaban J connectivity index is 1.65. The molecule has 3 rings (SSSR count). The van der Waals surface area contributed by atoms with Gasteiger partial charge >= 0.3 is 0 Å². The third-order valence-electron chi connectivity index (χ3n) is 4.97. The maximum atomic E-state index is 12.9. The Labute approximate surface area is 188 Å². The van der Waals surface area contributed by atoms with Crippen LogP contribution in [0.2, 0.25) is 5.02 Å². The van der Waals surface area contributed by atoms with Crippen LogP contribution in [0.4, 0.5) is 5.69 Å². The van der Waals surface area contributed by atoms with E-state index in [4.69, 9.17) is 11.6 Å². The highest BCUT2D eigenvalue weighted by Crippen LogP contribution is 2.24. The maximum Gasteiger partial charge on any atom is 0.238 e. The van der Waals surface area contributed by atoms with E-state index in [-0.39, 0.29) is 24.3 Å². The van der Waals surface area contributed by atoms with Crippen LogP contribution >= 0.6 is 11.6 Å². The van der Waals surface area contributed by atoms with E-state index >= 15 is 0 Å². The summed E-state index contributed by atoms with van der Waals surface area (Å²) in [6.07, 6.45) is 0. The molecular weight excluding hydrogens is 410 g/mol. The molecule has 5 nitrogen and oxygen atoms in total. The number of rotatable bonds is 9. The first-order valence-corrected chi connectivity index (χ1v) is 10.4. The van der Waals surface area contributed by atoms with Crippen LogP contribution in [-0.4, -0.2) is 43.8 Å². The molecular formula is C25H26ClN3O2. The fraction of sp³-hybridized carbons (Fsp3) is 0.200. The van der Waals surface area contributed by atoms with Gasteiger partial charge < -0.3 is 15.5 Å². The van der Waals surface area contributed by atoms with Crippen molar-refractivity contribution in [3.05, 3.63) is 101 Å². The molecule has 0 spiro atoms. The average Bonchev–Trinajstić information content (AvgIpc) is 2.78. The number of halogens is 1. The first kappa shape index (κ1) is 22.7. The van der Waals surface area contributed by atoms with Crippen LogP contribution in [0.15, 0.2) is 78.9 Å². The van der Waals surface area contributed by atoms with Crippen LogP contribution < -0.4 is 10.6 Å². The van der Waals surface area contributed by atoms with Crippen molar-refractivity contribution in [1.29, 1.82) is 0 Å². The molecule has 6 heteroatoms. The van der Waals surface area contributed by atoms with E-state index in [1.54, 1.807) is 42.5 Å². The first-order valence-electron chi connectivity index (χ1n) is 10.1. The summed E-state index contributed by atoms with van der Waals surface area (Å²) >= 11 is 6.11. The predicted molar refractivity (Wildman–Crippen MR) is 126 cm³/mol. The minimum Gasteiger partial charge on any atom is -0.324 e. The number of nitrogens with zero attached hydrogens (tertiary/aromatic N) is 1. The van der Waals surface area contributed by atoms with Crippen LogP contribution in [-0.2, 0) is 4.79 Å². The maximum absolute atomic E-state index is 12.9. The Morgan fingerprint density at radius 3 is 2.23 bits per heavy atom. The second-order valence-corrected chi connectivity index (χ2v) is 7.89. The number of benzene rings is 3. The Bertz CT molecular complexity index is 1020. The smallest absolute Gasteiger partial charge is 0.238 e. The van der Waals surface area contributed by atoms with E-state index in [1.165, 1.54) is 5.56 Å². The number of hydrogen-bond donors (Lipinski definition) is 2. The van der Waals surface area contributed by atoms with Gasteiger partial charge in [0.15, 0.2) is 5.78 Å². The Morgan fingerprint density at radius 1 is 0.935 bits per heavy atom. The third kappa shape index (κ3) is 6.25. The van der Waals surface area contributed by atoms with Gasteiger partial charge in [0.2, 0.25) is 5.91 Å². The van der Waals surface area contributed by atoms with Gasteiger partial charge in [-0.15, -0.1) is 0 Å². The largest absolute Gasteiger partial charge is 0.324 e. The quantitative estimate of drug-likeness (QED) is 0.489. The highest BCUT2D eigenvalue weighted by atomic mass is 35.5. The first-order chi connectivity index (χ1) is 15.0. The van der Waals surface area contributed by atoms with E-state index in [9.17, 15) is 9.59 Å². The number of hydrogen-bond acceptors (Lipinski definition) is 4. The number of anilines is 1. The summed E-state index contributed by atoms with van der Waals surface area (Å²) in [6.45, 7) is 0.736. The molecule has 0 fully saturated rings. The van der Waals surface area contributed by atoms with Crippen molar-refractivity contribution >= 4 is 29.0 Å². The van der Waals surface area contributed by atoms with E-state index < -0.39 is 0 Å². The fourth-order valence-corrected chi connectivity index (χ4v) is 3.52. The monoisotopic (exact) mass is 435 g/mol. The molecule has 0 heterocycles. The molecule has 31 heavy (non-hydrogen) atoms. The van der Waals surface area contributed by atoms with E-state index in [0.717, 1.165) is 0 Å². The number of ketones is 1. The molecule has 160 valence electrons. The summed E-state index contributed by atoms with van der Waals surface area (Å²) in [5.41, 5.74) is 2.52. The van der Waals surface area contributed by atoms with Crippen LogP contribution in [0.5, 0.6) is 0 Å². The summed E-state index contributed by atoms with van der Waals surface area (Å²) in [6, 6.07) is 24.1. The molecule has 0 unspecified atom stereocenters. The normalized spacial score (nSPS) is 11.9.